The summed E-state index contributed by atoms with van der Waals surface area (Å²) < 4.78 is 11.9. The molecular formula is C20H26N2O5S. The highest BCUT2D eigenvalue weighted by Crippen LogP contribution is 2.30. The topological polar surface area (TPSA) is 87.5 Å². The first-order chi connectivity index (χ1) is 13.4. The van der Waals surface area contributed by atoms with E-state index in [4.69, 9.17) is 4.74 Å². The van der Waals surface area contributed by atoms with Gasteiger partial charge in [0, 0.05) is 13.0 Å². The van der Waals surface area contributed by atoms with Gasteiger partial charge in [0.25, 0.3) is 5.56 Å². The Hall–Kier alpha value is -2.22. The molecule has 0 radical (unpaired) electrons. The van der Waals surface area contributed by atoms with Gasteiger partial charge in [-0.05, 0) is 51.5 Å². The third kappa shape index (κ3) is 4.27. The van der Waals surface area contributed by atoms with Crippen molar-refractivity contribution in [2.45, 2.75) is 71.4 Å². The molecule has 1 saturated carbocycles. The van der Waals surface area contributed by atoms with Crippen molar-refractivity contribution in [3.8, 4) is 0 Å². The van der Waals surface area contributed by atoms with Crippen molar-refractivity contribution in [1.29, 1.82) is 0 Å². The number of carbonyl (C=O) groups excluding carboxylic acids is 2. The van der Waals surface area contributed by atoms with E-state index in [1.54, 1.807) is 18.4 Å². The van der Waals surface area contributed by atoms with Crippen LogP contribution in [0.2, 0.25) is 0 Å². The molecule has 8 heteroatoms. The monoisotopic (exact) mass is 406 g/mol. The highest BCUT2D eigenvalue weighted by molar-refractivity contribution is 7.20. The van der Waals surface area contributed by atoms with Crippen LogP contribution in [0.1, 0.15) is 66.0 Å². The van der Waals surface area contributed by atoms with Gasteiger partial charge in [-0.1, -0.05) is 6.42 Å². The summed E-state index contributed by atoms with van der Waals surface area (Å²) in [6.45, 7) is 3.90. The van der Waals surface area contributed by atoms with E-state index in [1.165, 1.54) is 24.9 Å². The number of aromatic nitrogens is 2. The smallest absolute Gasteiger partial charge is 0.348 e. The fraction of sp³-hybridized carbons (Fsp3) is 0.600. The van der Waals surface area contributed by atoms with E-state index in [0.717, 1.165) is 25.7 Å². The van der Waals surface area contributed by atoms with Crippen LogP contribution in [0.15, 0.2) is 4.79 Å². The lowest BCUT2D eigenvalue weighted by Gasteiger charge is -2.21. The number of carbonyl (C=O) groups is 2. The summed E-state index contributed by atoms with van der Waals surface area (Å²) in [6, 6.07) is 0. The van der Waals surface area contributed by atoms with Gasteiger partial charge in [0.15, 0.2) is 0 Å². The number of hydrogen-bond acceptors (Lipinski definition) is 7. The van der Waals surface area contributed by atoms with E-state index >= 15 is 0 Å². The van der Waals surface area contributed by atoms with Crippen LogP contribution in [0.3, 0.4) is 0 Å². The van der Waals surface area contributed by atoms with Crippen molar-refractivity contribution in [2.24, 2.45) is 0 Å². The molecule has 0 aromatic carbocycles. The van der Waals surface area contributed by atoms with Gasteiger partial charge in [-0.15, -0.1) is 11.3 Å². The Kier molecular flexibility index (Phi) is 6.49. The largest absolute Gasteiger partial charge is 0.469 e. The van der Waals surface area contributed by atoms with Crippen molar-refractivity contribution in [2.75, 3.05) is 7.11 Å². The lowest BCUT2D eigenvalue weighted by atomic mass is 9.98. The maximum Gasteiger partial charge on any atom is 0.348 e. The van der Waals surface area contributed by atoms with Crippen LogP contribution in [0.4, 0.5) is 0 Å². The summed E-state index contributed by atoms with van der Waals surface area (Å²) in [6.07, 6.45) is 5.85. The number of fused-ring (bicyclic) bond motifs is 1. The first kappa shape index (κ1) is 20.5. The molecule has 0 amide bonds. The van der Waals surface area contributed by atoms with Crippen molar-refractivity contribution in [3.63, 3.8) is 0 Å². The summed E-state index contributed by atoms with van der Waals surface area (Å²) in [5.41, 5.74) is 0.442. The lowest BCUT2D eigenvalue weighted by molar-refractivity contribution is -0.140. The third-order valence-corrected chi connectivity index (χ3v) is 6.41. The molecule has 0 atom stereocenters. The van der Waals surface area contributed by atoms with Gasteiger partial charge in [-0.3, -0.25) is 14.2 Å². The standard InChI is InChI=1S/C20H26N2O5S/c1-12-16-18(28-17(12)20(25)27-14-8-5-4-6-9-14)21-13(2)22(19(16)24)11-7-10-15(23)26-3/h14H,4-11H2,1-3H3. The van der Waals surface area contributed by atoms with Crippen LogP contribution < -0.4 is 5.56 Å². The molecule has 152 valence electrons. The quantitative estimate of drug-likeness (QED) is 0.682. The zero-order valence-electron chi connectivity index (χ0n) is 16.6. The van der Waals surface area contributed by atoms with Crippen molar-refractivity contribution < 1.29 is 19.1 Å². The molecule has 0 spiro atoms. The van der Waals surface area contributed by atoms with Crippen LogP contribution in [0.25, 0.3) is 10.2 Å². The number of nitrogens with zero attached hydrogens (tertiary/aromatic N) is 2. The minimum Gasteiger partial charge on any atom is -0.469 e. The Morgan fingerprint density at radius 2 is 1.93 bits per heavy atom. The molecule has 0 saturated heterocycles. The number of rotatable bonds is 6. The van der Waals surface area contributed by atoms with Crippen LogP contribution in [0.5, 0.6) is 0 Å². The SMILES string of the molecule is COC(=O)CCCn1c(C)nc2sc(C(=O)OC3CCCCC3)c(C)c2c1=O. The Bertz CT molecular complexity index is 940. The molecule has 0 unspecified atom stereocenters. The molecule has 1 aliphatic carbocycles. The zero-order chi connectivity index (χ0) is 20.3. The van der Waals surface area contributed by atoms with E-state index in [0.29, 0.717) is 39.4 Å². The second-order valence-corrected chi connectivity index (χ2v) is 8.20. The predicted molar refractivity (Wildman–Crippen MR) is 107 cm³/mol. The summed E-state index contributed by atoms with van der Waals surface area (Å²) in [5.74, 6) is -0.100. The van der Waals surface area contributed by atoms with E-state index in [-0.39, 0.29) is 30.0 Å². The van der Waals surface area contributed by atoms with Crippen molar-refractivity contribution in [1.82, 2.24) is 9.55 Å². The number of hydrogen-bond donors (Lipinski definition) is 0. The van der Waals surface area contributed by atoms with Crippen LogP contribution in [0, 0.1) is 13.8 Å². The first-order valence-electron chi connectivity index (χ1n) is 9.70. The molecular weight excluding hydrogens is 380 g/mol. The number of esters is 2. The maximum absolute atomic E-state index is 13.0. The zero-order valence-corrected chi connectivity index (χ0v) is 17.4. The first-order valence-corrected chi connectivity index (χ1v) is 10.5. The minimum absolute atomic E-state index is 0.0319. The Morgan fingerprint density at radius 1 is 1.21 bits per heavy atom. The average molecular weight is 407 g/mol. The van der Waals surface area contributed by atoms with Gasteiger partial charge in [-0.2, -0.15) is 0 Å². The fourth-order valence-corrected chi connectivity index (χ4v) is 4.75. The minimum atomic E-state index is -0.360. The average Bonchev–Trinajstić information content (AvgIpc) is 3.01. The van der Waals surface area contributed by atoms with E-state index in [9.17, 15) is 14.4 Å². The van der Waals surface area contributed by atoms with Crippen LogP contribution in [-0.4, -0.2) is 34.7 Å². The summed E-state index contributed by atoms with van der Waals surface area (Å²) in [5, 5.41) is 0.462. The summed E-state index contributed by atoms with van der Waals surface area (Å²) in [4.78, 5) is 42.5. The summed E-state index contributed by atoms with van der Waals surface area (Å²) in [7, 11) is 1.34. The second kappa shape index (κ2) is 8.86. The molecule has 2 heterocycles. The normalized spacial score (nSPS) is 15.0. The fourth-order valence-electron chi connectivity index (χ4n) is 3.65. The number of thiophene rings is 1. The van der Waals surface area contributed by atoms with Gasteiger partial charge in [0.1, 0.15) is 21.6 Å². The van der Waals surface area contributed by atoms with E-state index in [2.05, 4.69) is 9.72 Å². The number of aryl methyl sites for hydroxylation is 2. The Morgan fingerprint density at radius 3 is 2.61 bits per heavy atom. The van der Waals surface area contributed by atoms with Crippen molar-refractivity contribution in [3.05, 3.63) is 26.6 Å². The Labute approximate surface area is 167 Å². The Balaban J connectivity index is 1.85. The molecule has 3 rings (SSSR count). The highest BCUT2D eigenvalue weighted by atomic mass is 32.1. The second-order valence-electron chi connectivity index (χ2n) is 7.20. The number of methoxy groups -OCH3 is 1. The van der Waals surface area contributed by atoms with Crippen LogP contribution in [-0.2, 0) is 20.8 Å². The lowest BCUT2D eigenvalue weighted by Crippen LogP contribution is -2.24. The highest BCUT2D eigenvalue weighted by Gasteiger charge is 2.25. The molecule has 1 aliphatic rings. The molecule has 0 N–H and O–H groups in total. The van der Waals surface area contributed by atoms with E-state index < -0.39 is 0 Å². The molecule has 0 bridgehead atoms. The van der Waals surface area contributed by atoms with E-state index in [1.807, 2.05) is 0 Å². The van der Waals surface area contributed by atoms with Gasteiger partial charge in [0.2, 0.25) is 0 Å². The van der Waals surface area contributed by atoms with Crippen molar-refractivity contribution >= 4 is 33.5 Å². The summed E-state index contributed by atoms with van der Waals surface area (Å²) >= 11 is 1.22. The number of ether oxygens (including phenoxy) is 2. The van der Waals surface area contributed by atoms with Gasteiger partial charge >= 0.3 is 11.9 Å². The van der Waals surface area contributed by atoms with Gasteiger partial charge < -0.3 is 9.47 Å². The molecule has 0 aliphatic heterocycles. The molecule has 7 nitrogen and oxygen atoms in total. The van der Waals surface area contributed by atoms with Crippen LogP contribution >= 0.6 is 11.3 Å². The van der Waals surface area contributed by atoms with Gasteiger partial charge in [0.05, 0.1) is 12.5 Å². The maximum atomic E-state index is 13.0. The third-order valence-electron chi connectivity index (χ3n) is 5.24. The molecule has 28 heavy (non-hydrogen) atoms. The molecule has 2 aromatic rings. The predicted octanol–water partition coefficient (Wildman–Crippen LogP) is 3.52. The van der Waals surface area contributed by atoms with Gasteiger partial charge in [-0.25, -0.2) is 9.78 Å². The molecule has 2 aromatic heterocycles. The molecule has 1 fully saturated rings.